The Labute approximate surface area is 162 Å². The van der Waals surface area contributed by atoms with Crippen LogP contribution in [0.15, 0.2) is 41.3 Å². The van der Waals surface area contributed by atoms with Gasteiger partial charge >= 0.3 is 0 Å². The standard InChI is InChI=1S/C18H20FN3O5S/c1-27-18-6-3-13(11-15(18)19)20-7-9-21(10-8-20)16-5-4-14(28(2,25)26)12-17(16)22(23)24/h3-6,11-12H,7-10H2,1-2H3. The van der Waals surface area contributed by atoms with Crippen molar-refractivity contribution in [3.63, 3.8) is 0 Å². The second-order valence-electron chi connectivity index (χ2n) is 6.47. The van der Waals surface area contributed by atoms with Crippen LogP contribution in [0.5, 0.6) is 5.75 Å². The van der Waals surface area contributed by atoms with Gasteiger partial charge in [-0.1, -0.05) is 0 Å². The lowest BCUT2D eigenvalue weighted by Gasteiger charge is -2.37. The fourth-order valence-electron chi connectivity index (χ4n) is 3.21. The number of anilines is 2. The maximum atomic E-state index is 13.9. The molecule has 0 bridgehead atoms. The molecule has 8 nitrogen and oxygen atoms in total. The first-order valence-corrected chi connectivity index (χ1v) is 10.4. The lowest BCUT2D eigenvalue weighted by atomic mass is 10.2. The number of benzene rings is 2. The van der Waals surface area contributed by atoms with Gasteiger partial charge in [-0.2, -0.15) is 0 Å². The summed E-state index contributed by atoms with van der Waals surface area (Å²) in [5, 5.41) is 11.4. The van der Waals surface area contributed by atoms with Crippen molar-refractivity contribution in [1.29, 1.82) is 0 Å². The van der Waals surface area contributed by atoms with Gasteiger partial charge in [0, 0.05) is 50.3 Å². The molecule has 1 aliphatic rings. The zero-order valence-corrected chi connectivity index (χ0v) is 16.3. The van der Waals surface area contributed by atoms with Crippen LogP contribution in [0.25, 0.3) is 0 Å². The number of sulfone groups is 1. The summed E-state index contributed by atoms with van der Waals surface area (Å²) in [7, 11) is -2.14. The zero-order chi connectivity index (χ0) is 20.5. The van der Waals surface area contributed by atoms with Crippen LogP contribution in [0, 0.1) is 15.9 Å². The van der Waals surface area contributed by atoms with E-state index in [1.807, 2.05) is 9.80 Å². The minimum atomic E-state index is -3.54. The second-order valence-corrected chi connectivity index (χ2v) is 8.49. The molecule has 3 rings (SSSR count). The highest BCUT2D eigenvalue weighted by Gasteiger charge is 2.26. The largest absolute Gasteiger partial charge is 0.494 e. The van der Waals surface area contributed by atoms with Gasteiger partial charge in [-0.05, 0) is 24.3 Å². The van der Waals surface area contributed by atoms with Crippen LogP contribution in [-0.4, -0.2) is 52.9 Å². The van der Waals surface area contributed by atoms with Crippen LogP contribution >= 0.6 is 0 Å². The number of rotatable bonds is 5. The first-order chi connectivity index (χ1) is 13.2. The molecule has 0 radical (unpaired) electrons. The molecule has 0 atom stereocenters. The summed E-state index contributed by atoms with van der Waals surface area (Å²) in [4.78, 5) is 14.6. The summed E-state index contributed by atoms with van der Waals surface area (Å²) in [6.45, 7) is 2.03. The summed E-state index contributed by atoms with van der Waals surface area (Å²) in [5.41, 5.74) is 0.838. The Bertz CT molecular complexity index is 1000. The van der Waals surface area contributed by atoms with Crippen LogP contribution in [-0.2, 0) is 9.84 Å². The molecule has 0 N–H and O–H groups in total. The Morgan fingerprint density at radius 1 is 1.07 bits per heavy atom. The van der Waals surface area contributed by atoms with Crippen molar-refractivity contribution in [3.05, 3.63) is 52.3 Å². The third-order valence-electron chi connectivity index (χ3n) is 4.69. The molecule has 1 fully saturated rings. The van der Waals surface area contributed by atoms with E-state index < -0.39 is 20.6 Å². The van der Waals surface area contributed by atoms with E-state index in [0.29, 0.717) is 37.6 Å². The van der Waals surface area contributed by atoms with E-state index in [9.17, 15) is 22.9 Å². The van der Waals surface area contributed by atoms with E-state index in [2.05, 4.69) is 0 Å². The summed E-state index contributed by atoms with van der Waals surface area (Å²) >= 11 is 0. The molecule has 1 heterocycles. The normalized spacial score (nSPS) is 14.8. The molecule has 28 heavy (non-hydrogen) atoms. The Morgan fingerprint density at radius 3 is 2.25 bits per heavy atom. The molecule has 1 saturated heterocycles. The Morgan fingerprint density at radius 2 is 1.71 bits per heavy atom. The number of hydrogen-bond acceptors (Lipinski definition) is 7. The van der Waals surface area contributed by atoms with Gasteiger partial charge in [-0.25, -0.2) is 12.8 Å². The van der Waals surface area contributed by atoms with Crippen molar-refractivity contribution in [2.45, 2.75) is 4.90 Å². The predicted molar refractivity (Wildman–Crippen MR) is 104 cm³/mol. The molecule has 10 heteroatoms. The number of methoxy groups -OCH3 is 1. The van der Waals surface area contributed by atoms with E-state index in [-0.39, 0.29) is 16.3 Å². The summed E-state index contributed by atoms with van der Waals surface area (Å²) < 4.78 is 42.2. The first kappa shape index (κ1) is 19.9. The second kappa shape index (κ2) is 7.63. The van der Waals surface area contributed by atoms with Gasteiger partial charge in [0.2, 0.25) is 0 Å². The summed E-state index contributed by atoms with van der Waals surface area (Å²) in [6, 6.07) is 8.67. The van der Waals surface area contributed by atoms with Gasteiger partial charge in [0.05, 0.1) is 16.9 Å². The Balaban J connectivity index is 1.79. The fourth-order valence-corrected chi connectivity index (χ4v) is 3.85. The van der Waals surface area contributed by atoms with Crippen molar-refractivity contribution in [2.24, 2.45) is 0 Å². The average Bonchev–Trinajstić information content (AvgIpc) is 2.67. The lowest BCUT2D eigenvalue weighted by molar-refractivity contribution is -0.384. The van der Waals surface area contributed by atoms with Crippen molar-refractivity contribution in [1.82, 2.24) is 0 Å². The van der Waals surface area contributed by atoms with Crippen LogP contribution in [0.1, 0.15) is 0 Å². The highest BCUT2D eigenvalue weighted by molar-refractivity contribution is 7.90. The molecule has 0 aromatic heterocycles. The SMILES string of the molecule is COc1ccc(N2CCN(c3ccc(S(C)(=O)=O)cc3[N+](=O)[O-])CC2)cc1F. The number of nitro benzene ring substituents is 1. The lowest BCUT2D eigenvalue weighted by Crippen LogP contribution is -2.46. The van der Waals surface area contributed by atoms with E-state index in [0.717, 1.165) is 12.3 Å². The molecule has 0 unspecified atom stereocenters. The Hall–Kier alpha value is -2.88. The van der Waals surface area contributed by atoms with Crippen molar-refractivity contribution in [3.8, 4) is 5.75 Å². The molecule has 0 spiro atoms. The van der Waals surface area contributed by atoms with Crippen LogP contribution in [0.3, 0.4) is 0 Å². The van der Waals surface area contributed by atoms with E-state index in [4.69, 9.17) is 4.74 Å². The van der Waals surface area contributed by atoms with Gasteiger partial charge in [0.1, 0.15) is 5.69 Å². The topological polar surface area (TPSA) is 93.0 Å². The molecule has 0 saturated carbocycles. The third-order valence-corrected chi connectivity index (χ3v) is 5.80. The van der Waals surface area contributed by atoms with Crippen molar-refractivity contribution >= 4 is 26.9 Å². The highest BCUT2D eigenvalue weighted by Crippen LogP contribution is 2.32. The molecule has 2 aromatic rings. The zero-order valence-electron chi connectivity index (χ0n) is 15.5. The molecule has 1 aliphatic heterocycles. The van der Waals surface area contributed by atoms with E-state index in [1.54, 1.807) is 12.1 Å². The number of halogens is 1. The molecule has 150 valence electrons. The maximum absolute atomic E-state index is 13.9. The van der Waals surface area contributed by atoms with Gasteiger partial charge in [-0.15, -0.1) is 0 Å². The smallest absolute Gasteiger partial charge is 0.293 e. The number of hydrogen-bond donors (Lipinski definition) is 0. The minimum Gasteiger partial charge on any atom is -0.494 e. The van der Waals surface area contributed by atoms with E-state index >= 15 is 0 Å². The fraction of sp³-hybridized carbons (Fsp3) is 0.333. The first-order valence-electron chi connectivity index (χ1n) is 8.52. The number of nitro groups is 1. The molecular weight excluding hydrogens is 389 g/mol. The molecular formula is C18H20FN3O5S. The van der Waals surface area contributed by atoms with Crippen LogP contribution in [0.2, 0.25) is 0 Å². The molecule has 2 aromatic carbocycles. The monoisotopic (exact) mass is 409 g/mol. The van der Waals surface area contributed by atoms with Crippen molar-refractivity contribution in [2.75, 3.05) is 49.3 Å². The van der Waals surface area contributed by atoms with Gasteiger partial charge in [-0.3, -0.25) is 10.1 Å². The third kappa shape index (κ3) is 4.01. The Kier molecular flexibility index (Phi) is 5.41. The van der Waals surface area contributed by atoms with E-state index in [1.165, 1.54) is 25.3 Å². The van der Waals surface area contributed by atoms with Gasteiger partial charge < -0.3 is 14.5 Å². The average molecular weight is 409 g/mol. The number of piperazine rings is 1. The minimum absolute atomic E-state index is 0.0877. The van der Waals surface area contributed by atoms with Crippen molar-refractivity contribution < 1.29 is 22.5 Å². The quantitative estimate of drug-likeness (QED) is 0.553. The van der Waals surface area contributed by atoms with Gasteiger partial charge in [0.25, 0.3) is 5.69 Å². The van der Waals surface area contributed by atoms with Gasteiger partial charge in [0.15, 0.2) is 21.4 Å². The number of nitrogens with zero attached hydrogens (tertiary/aromatic N) is 3. The molecule has 0 amide bonds. The van der Waals surface area contributed by atoms with Crippen LogP contribution in [0.4, 0.5) is 21.5 Å². The van der Waals surface area contributed by atoms with Crippen LogP contribution < -0.4 is 14.5 Å². The number of ether oxygens (including phenoxy) is 1. The molecule has 0 aliphatic carbocycles. The predicted octanol–water partition coefficient (Wildman–Crippen LogP) is 2.47. The highest BCUT2D eigenvalue weighted by atomic mass is 32.2. The summed E-state index contributed by atoms with van der Waals surface area (Å²) in [5.74, 6) is -0.279. The maximum Gasteiger partial charge on any atom is 0.293 e. The summed E-state index contributed by atoms with van der Waals surface area (Å²) in [6.07, 6.45) is 1.01.